The van der Waals surface area contributed by atoms with Crippen molar-refractivity contribution in [2.75, 3.05) is 0 Å². The van der Waals surface area contributed by atoms with Crippen LogP contribution in [0.1, 0.15) is 43.2 Å². The number of rotatable bonds is 3. The summed E-state index contributed by atoms with van der Waals surface area (Å²) in [4.78, 5) is 7.09. The Morgan fingerprint density at radius 2 is 1.85 bits per heavy atom. The average Bonchev–Trinajstić information content (AvgIpc) is 3.09. The van der Waals surface area contributed by atoms with Crippen molar-refractivity contribution in [2.45, 2.75) is 56.3 Å². The largest absolute Gasteiger partial charge is 0.385 e. The number of hydrogen-bond acceptors (Lipinski definition) is 4. The van der Waals surface area contributed by atoms with Crippen LogP contribution < -0.4 is 0 Å². The molecule has 2 unspecified atom stereocenters. The van der Waals surface area contributed by atoms with Gasteiger partial charge in [0.05, 0.1) is 11.8 Å². The maximum Gasteiger partial charge on any atom is 0.160 e. The van der Waals surface area contributed by atoms with Gasteiger partial charge in [-0.1, -0.05) is 36.8 Å². The van der Waals surface area contributed by atoms with Crippen LogP contribution in [0.4, 0.5) is 0 Å². The quantitative estimate of drug-likeness (QED) is 0.790. The molecule has 26 heavy (non-hydrogen) atoms. The van der Waals surface area contributed by atoms with E-state index in [0.29, 0.717) is 12.1 Å². The molecule has 0 amide bonds. The van der Waals surface area contributed by atoms with Gasteiger partial charge in [0.2, 0.25) is 0 Å². The van der Waals surface area contributed by atoms with Crippen molar-refractivity contribution >= 4 is 5.65 Å². The monoisotopic (exact) mass is 348 g/mol. The van der Waals surface area contributed by atoms with Crippen LogP contribution >= 0.6 is 0 Å². The van der Waals surface area contributed by atoms with Crippen molar-refractivity contribution in [1.29, 1.82) is 0 Å². The molecular weight excluding hydrogens is 324 g/mol. The zero-order valence-corrected chi connectivity index (χ0v) is 14.8. The van der Waals surface area contributed by atoms with Gasteiger partial charge in [-0.2, -0.15) is 5.10 Å². The number of aromatic nitrogens is 3. The molecule has 1 N–H and O–H groups in total. The van der Waals surface area contributed by atoms with Gasteiger partial charge in [-0.15, -0.1) is 0 Å². The highest BCUT2D eigenvalue weighted by Gasteiger charge is 2.47. The van der Waals surface area contributed by atoms with Crippen molar-refractivity contribution in [1.82, 2.24) is 19.5 Å². The van der Waals surface area contributed by atoms with Crippen LogP contribution in [0.5, 0.6) is 0 Å². The molecule has 1 aromatic carbocycles. The Morgan fingerprint density at radius 3 is 2.62 bits per heavy atom. The molecule has 2 saturated heterocycles. The Labute approximate surface area is 153 Å². The second-order valence-corrected chi connectivity index (χ2v) is 7.78. The SMILES string of the molecule is OC1(c2cnn3cccnc23)CC2CCCC(C1)N2Cc1ccccc1. The van der Waals surface area contributed by atoms with Gasteiger partial charge in [-0.3, -0.25) is 4.90 Å². The summed E-state index contributed by atoms with van der Waals surface area (Å²) in [5, 5.41) is 16.0. The molecule has 2 bridgehead atoms. The molecule has 3 aromatic rings. The van der Waals surface area contributed by atoms with Gasteiger partial charge >= 0.3 is 0 Å². The molecular formula is C21H24N4O. The minimum absolute atomic E-state index is 0.409. The van der Waals surface area contributed by atoms with E-state index in [4.69, 9.17) is 0 Å². The van der Waals surface area contributed by atoms with Gasteiger partial charge in [-0.05, 0) is 37.3 Å². The third kappa shape index (κ3) is 2.63. The molecule has 2 aliphatic rings. The Balaban J connectivity index is 1.46. The first kappa shape index (κ1) is 16.0. The van der Waals surface area contributed by atoms with E-state index in [1.54, 1.807) is 10.7 Å². The summed E-state index contributed by atoms with van der Waals surface area (Å²) in [5.41, 5.74) is 2.19. The lowest BCUT2D eigenvalue weighted by atomic mass is 9.73. The Hall–Kier alpha value is -2.24. The third-order valence-electron chi connectivity index (χ3n) is 6.15. The fraction of sp³-hybridized carbons (Fsp3) is 0.429. The fourth-order valence-electron chi connectivity index (χ4n) is 4.95. The number of nitrogens with zero attached hydrogens (tertiary/aromatic N) is 4. The van der Waals surface area contributed by atoms with Crippen LogP contribution in [-0.2, 0) is 12.1 Å². The van der Waals surface area contributed by atoms with E-state index < -0.39 is 5.60 Å². The van der Waals surface area contributed by atoms with E-state index in [2.05, 4.69) is 45.3 Å². The smallest absolute Gasteiger partial charge is 0.160 e. The van der Waals surface area contributed by atoms with Crippen LogP contribution in [0, 0.1) is 0 Å². The first-order valence-electron chi connectivity index (χ1n) is 9.54. The van der Waals surface area contributed by atoms with E-state index in [9.17, 15) is 5.11 Å². The van der Waals surface area contributed by atoms with Crippen LogP contribution in [0.25, 0.3) is 5.65 Å². The molecule has 5 rings (SSSR count). The lowest BCUT2D eigenvalue weighted by Gasteiger charge is -2.52. The number of fused-ring (bicyclic) bond motifs is 3. The average molecular weight is 348 g/mol. The van der Waals surface area contributed by atoms with Crippen molar-refractivity contribution < 1.29 is 5.11 Å². The van der Waals surface area contributed by atoms with Crippen molar-refractivity contribution in [3.63, 3.8) is 0 Å². The molecule has 4 heterocycles. The van der Waals surface area contributed by atoms with Gasteiger partial charge in [-0.25, -0.2) is 9.50 Å². The highest BCUT2D eigenvalue weighted by molar-refractivity contribution is 5.49. The molecule has 5 nitrogen and oxygen atoms in total. The second kappa shape index (κ2) is 6.18. The topological polar surface area (TPSA) is 53.7 Å². The molecule has 2 fully saturated rings. The summed E-state index contributed by atoms with van der Waals surface area (Å²) in [7, 11) is 0. The summed E-state index contributed by atoms with van der Waals surface area (Å²) >= 11 is 0. The number of piperidine rings is 2. The molecule has 134 valence electrons. The van der Waals surface area contributed by atoms with Gasteiger partial charge in [0.15, 0.2) is 5.65 Å². The summed E-state index contributed by atoms with van der Waals surface area (Å²) in [5.74, 6) is 0. The Bertz CT molecular complexity index is 893. The molecule has 2 atom stereocenters. The van der Waals surface area contributed by atoms with Gasteiger partial charge in [0.25, 0.3) is 0 Å². The third-order valence-corrected chi connectivity index (χ3v) is 6.15. The maximum absolute atomic E-state index is 11.6. The lowest BCUT2D eigenvalue weighted by molar-refractivity contribution is -0.0992. The second-order valence-electron chi connectivity index (χ2n) is 7.78. The van der Waals surface area contributed by atoms with E-state index in [1.807, 2.05) is 18.5 Å². The van der Waals surface area contributed by atoms with Gasteiger partial charge in [0, 0.05) is 36.6 Å². The maximum atomic E-state index is 11.6. The Morgan fingerprint density at radius 1 is 1.08 bits per heavy atom. The summed E-state index contributed by atoms with van der Waals surface area (Å²) in [6.07, 6.45) is 10.5. The number of hydrogen-bond donors (Lipinski definition) is 1. The highest BCUT2D eigenvalue weighted by atomic mass is 16.3. The Kier molecular flexibility index (Phi) is 3.80. The molecule has 0 saturated carbocycles. The highest BCUT2D eigenvalue weighted by Crippen LogP contribution is 2.45. The predicted octanol–water partition coefficient (Wildman–Crippen LogP) is 3.13. The summed E-state index contributed by atoms with van der Waals surface area (Å²) in [6, 6.07) is 13.4. The van der Waals surface area contributed by atoms with E-state index in [-0.39, 0.29) is 0 Å². The molecule has 2 aromatic heterocycles. The van der Waals surface area contributed by atoms with E-state index >= 15 is 0 Å². The van der Waals surface area contributed by atoms with Crippen molar-refractivity contribution in [3.05, 3.63) is 66.1 Å². The molecule has 5 heteroatoms. The fourth-order valence-corrected chi connectivity index (χ4v) is 4.95. The van der Waals surface area contributed by atoms with E-state index in [0.717, 1.165) is 43.4 Å². The van der Waals surface area contributed by atoms with Gasteiger partial charge in [0.1, 0.15) is 0 Å². The zero-order chi connectivity index (χ0) is 17.6. The minimum atomic E-state index is -0.834. The number of aliphatic hydroxyl groups is 1. The summed E-state index contributed by atoms with van der Waals surface area (Å²) in [6.45, 7) is 0.971. The molecule has 0 aliphatic carbocycles. The predicted molar refractivity (Wildman–Crippen MR) is 99.5 cm³/mol. The van der Waals surface area contributed by atoms with Crippen molar-refractivity contribution in [2.24, 2.45) is 0 Å². The first-order chi connectivity index (χ1) is 12.7. The van der Waals surface area contributed by atoms with Crippen LogP contribution in [-0.4, -0.2) is 36.7 Å². The van der Waals surface area contributed by atoms with E-state index in [1.165, 1.54) is 12.0 Å². The lowest BCUT2D eigenvalue weighted by Crippen LogP contribution is -2.56. The zero-order valence-electron chi connectivity index (χ0n) is 14.8. The van der Waals surface area contributed by atoms with Crippen LogP contribution in [0.2, 0.25) is 0 Å². The van der Waals surface area contributed by atoms with Gasteiger partial charge < -0.3 is 5.11 Å². The normalized spacial score (nSPS) is 29.1. The number of benzene rings is 1. The van der Waals surface area contributed by atoms with Crippen molar-refractivity contribution in [3.8, 4) is 0 Å². The summed E-state index contributed by atoms with van der Waals surface area (Å²) < 4.78 is 1.76. The molecule has 0 radical (unpaired) electrons. The standard InChI is InChI=1S/C21H24N4O/c26-21(19-14-23-25-11-5-10-22-20(19)25)12-17-8-4-9-18(13-21)24(17)15-16-6-2-1-3-7-16/h1-3,5-7,10-11,14,17-18,26H,4,8-9,12-13,15H2. The van der Waals surface area contributed by atoms with Crippen LogP contribution in [0.15, 0.2) is 55.0 Å². The molecule has 0 spiro atoms. The first-order valence-corrected chi connectivity index (χ1v) is 9.54. The minimum Gasteiger partial charge on any atom is -0.385 e. The molecule has 2 aliphatic heterocycles. The van der Waals surface area contributed by atoms with Crippen LogP contribution in [0.3, 0.4) is 0 Å².